The van der Waals surface area contributed by atoms with Crippen LogP contribution in [0.3, 0.4) is 0 Å². The van der Waals surface area contributed by atoms with Gasteiger partial charge in [0.1, 0.15) is 0 Å². The molecule has 1 N–H and O–H groups in total. The first kappa shape index (κ1) is 13.3. The van der Waals surface area contributed by atoms with Crippen LogP contribution in [-0.4, -0.2) is 14.5 Å². The largest absolute Gasteiger partial charge is 0.350 e. The Hall–Kier alpha value is -2.74. The van der Waals surface area contributed by atoms with Crippen molar-refractivity contribution in [3.05, 3.63) is 72.4 Å². The smallest absolute Gasteiger partial charge is 0.289 e. The van der Waals surface area contributed by atoms with Crippen LogP contribution >= 0.6 is 11.3 Å². The second-order valence-corrected chi connectivity index (χ2v) is 5.33. The number of nitro groups is 1. The monoisotopic (exact) mass is 303 g/mol. The van der Waals surface area contributed by atoms with Gasteiger partial charge >= 0.3 is 16.9 Å². The van der Waals surface area contributed by atoms with Crippen LogP contribution in [0, 0.1) is 10.1 Å². The number of aromatic amines is 1. The van der Waals surface area contributed by atoms with Crippen LogP contribution < -0.4 is 11.2 Å². The van der Waals surface area contributed by atoms with Crippen molar-refractivity contribution in [3.63, 3.8) is 0 Å². The van der Waals surface area contributed by atoms with Crippen molar-refractivity contribution in [1.29, 1.82) is 0 Å². The molecule has 0 unspecified atom stereocenters. The lowest BCUT2D eigenvalue weighted by Crippen LogP contribution is -2.31. The van der Waals surface area contributed by atoms with Gasteiger partial charge in [0.15, 0.2) is 0 Å². The molecular weight excluding hydrogens is 294 g/mol. The van der Waals surface area contributed by atoms with Crippen LogP contribution in [0.1, 0.15) is 5.56 Å². The van der Waals surface area contributed by atoms with E-state index in [2.05, 4.69) is 0 Å². The minimum Gasteiger partial charge on any atom is -0.289 e. The number of nitrogens with one attached hydrogen (secondary N) is 1. The third-order valence-electron chi connectivity index (χ3n) is 3.09. The van der Waals surface area contributed by atoms with E-state index in [0.29, 0.717) is 0 Å². The summed E-state index contributed by atoms with van der Waals surface area (Å²) in [5.41, 5.74) is -1.43. The molecule has 0 aliphatic carbocycles. The minimum atomic E-state index is -0.989. The van der Waals surface area contributed by atoms with Crippen molar-refractivity contribution in [3.8, 4) is 0 Å². The van der Waals surface area contributed by atoms with Gasteiger partial charge < -0.3 is 0 Å². The van der Waals surface area contributed by atoms with Crippen LogP contribution in [0.15, 0.2) is 45.4 Å². The predicted octanol–water partition coefficient (Wildman–Crippen LogP) is 1.71. The normalized spacial score (nSPS) is 10.9. The van der Waals surface area contributed by atoms with Crippen molar-refractivity contribution >= 4 is 27.1 Å². The molecule has 21 heavy (non-hydrogen) atoms. The first-order valence-electron chi connectivity index (χ1n) is 5.99. The highest BCUT2D eigenvalue weighted by molar-refractivity contribution is 7.17. The highest BCUT2D eigenvalue weighted by Crippen LogP contribution is 2.25. The van der Waals surface area contributed by atoms with E-state index in [0.717, 1.165) is 26.4 Å². The van der Waals surface area contributed by atoms with Gasteiger partial charge in [-0.15, -0.1) is 11.3 Å². The molecular formula is C13H9N3O4S. The molecule has 8 heteroatoms. The molecule has 0 aliphatic rings. The Morgan fingerprint density at radius 1 is 1.29 bits per heavy atom. The first-order valence-corrected chi connectivity index (χ1v) is 6.87. The summed E-state index contributed by atoms with van der Waals surface area (Å²) < 4.78 is 2.20. The van der Waals surface area contributed by atoms with E-state index >= 15 is 0 Å². The maximum Gasteiger partial charge on any atom is 0.350 e. The zero-order chi connectivity index (χ0) is 15.0. The summed E-state index contributed by atoms with van der Waals surface area (Å²) in [6.45, 7) is 0.167. The molecule has 106 valence electrons. The third kappa shape index (κ3) is 2.36. The standard InChI is InChI=1S/C13H9N3O4S/c17-12-10(16(19)20)6-15(13(18)14-12)5-8-7-21-11-4-2-1-3-9(8)11/h1-4,6-7H,5H2,(H,14,17,18). The molecule has 3 aromatic rings. The van der Waals surface area contributed by atoms with Gasteiger partial charge in [-0.05, 0) is 22.4 Å². The van der Waals surface area contributed by atoms with E-state index in [1.807, 2.05) is 34.6 Å². The number of nitrogens with zero attached hydrogens (tertiary/aromatic N) is 2. The maximum absolute atomic E-state index is 11.8. The van der Waals surface area contributed by atoms with Gasteiger partial charge in [0.2, 0.25) is 0 Å². The number of hydrogen-bond acceptors (Lipinski definition) is 5. The fraction of sp³-hybridized carbons (Fsp3) is 0.0769. The van der Waals surface area contributed by atoms with Crippen molar-refractivity contribution in [2.45, 2.75) is 6.54 Å². The first-order chi connectivity index (χ1) is 10.1. The van der Waals surface area contributed by atoms with Crippen LogP contribution in [-0.2, 0) is 6.54 Å². The molecule has 0 spiro atoms. The van der Waals surface area contributed by atoms with E-state index in [1.165, 1.54) is 11.3 Å². The molecule has 1 aromatic carbocycles. The molecule has 0 aliphatic heterocycles. The number of hydrogen-bond donors (Lipinski definition) is 1. The molecule has 0 fully saturated rings. The SMILES string of the molecule is O=c1[nH]c(=O)n(Cc2csc3ccccc23)cc1[N+](=O)[O-]. The predicted molar refractivity (Wildman–Crippen MR) is 78.9 cm³/mol. The molecule has 3 rings (SSSR count). The van der Waals surface area contributed by atoms with Crippen molar-refractivity contribution < 1.29 is 4.92 Å². The number of thiophene rings is 1. The Morgan fingerprint density at radius 2 is 2.05 bits per heavy atom. The minimum absolute atomic E-state index is 0.167. The lowest BCUT2D eigenvalue weighted by molar-refractivity contribution is -0.386. The number of aromatic nitrogens is 2. The summed E-state index contributed by atoms with van der Waals surface area (Å²) in [5.74, 6) is 0. The van der Waals surface area contributed by atoms with Gasteiger partial charge in [-0.2, -0.15) is 0 Å². The number of H-pyrrole nitrogens is 1. The molecule has 0 atom stereocenters. The van der Waals surface area contributed by atoms with Crippen molar-refractivity contribution in [1.82, 2.24) is 9.55 Å². The highest BCUT2D eigenvalue weighted by atomic mass is 32.1. The van der Waals surface area contributed by atoms with E-state index in [9.17, 15) is 19.7 Å². The van der Waals surface area contributed by atoms with Gasteiger partial charge in [0.05, 0.1) is 17.7 Å². The summed E-state index contributed by atoms with van der Waals surface area (Å²) in [5, 5.41) is 13.7. The molecule has 0 saturated heterocycles. The van der Waals surface area contributed by atoms with Gasteiger partial charge in [-0.25, -0.2) is 4.79 Å². The Kier molecular flexibility index (Phi) is 3.15. The van der Waals surface area contributed by atoms with E-state index in [-0.39, 0.29) is 6.54 Å². The molecule has 0 bridgehead atoms. The van der Waals surface area contributed by atoms with Gasteiger partial charge in [-0.1, -0.05) is 18.2 Å². The molecule has 7 nitrogen and oxygen atoms in total. The third-order valence-corrected chi connectivity index (χ3v) is 4.10. The fourth-order valence-corrected chi connectivity index (χ4v) is 3.04. The van der Waals surface area contributed by atoms with Crippen molar-refractivity contribution in [2.75, 3.05) is 0 Å². The summed E-state index contributed by atoms with van der Waals surface area (Å²) in [4.78, 5) is 35.0. The second kappa shape index (κ2) is 4.98. The maximum atomic E-state index is 11.8. The van der Waals surface area contributed by atoms with Crippen LogP contribution in [0.4, 0.5) is 5.69 Å². The summed E-state index contributed by atoms with van der Waals surface area (Å²) in [6.07, 6.45) is 0.980. The average Bonchev–Trinajstić information content (AvgIpc) is 2.85. The fourth-order valence-electron chi connectivity index (χ4n) is 2.08. The number of fused-ring (bicyclic) bond motifs is 1. The summed E-state index contributed by atoms with van der Waals surface area (Å²) in [6, 6.07) is 7.68. The highest BCUT2D eigenvalue weighted by Gasteiger charge is 2.15. The molecule has 2 heterocycles. The Labute approximate surface area is 121 Å². The zero-order valence-corrected chi connectivity index (χ0v) is 11.4. The molecule has 0 saturated carbocycles. The second-order valence-electron chi connectivity index (χ2n) is 4.42. The van der Waals surface area contributed by atoms with Crippen molar-refractivity contribution in [2.24, 2.45) is 0 Å². The molecule has 2 aromatic heterocycles. The van der Waals surface area contributed by atoms with E-state index < -0.39 is 21.9 Å². The van der Waals surface area contributed by atoms with E-state index in [4.69, 9.17) is 0 Å². The quantitative estimate of drug-likeness (QED) is 0.588. The van der Waals surface area contributed by atoms with Crippen LogP contribution in [0.2, 0.25) is 0 Å². The molecule has 0 amide bonds. The Morgan fingerprint density at radius 3 is 2.81 bits per heavy atom. The van der Waals surface area contributed by atoms with Gasteiger partial charge in [0, 0.05) is 4.70 Å². The Balaban J connectivity index is 2.10. The summed E-state index contributed by atoms with van der Waals surface area (Å²) in [7, 11) is 0. The zero-order valence-electron chi connectivity index (χ0n) is 10.6. The van der Waals surface area contributed by atoms with Gasteiger partial charge in [-0.3, -0.25) is 24.5 Å². The Bertz CT molecular complexity index is 954. The summed E-state index contributed by atoms with van der Waals surface area (Å²) >= 11 is 1.53. The topological polar surface area (TPSA) is 98.0 Å². The van der Waals surface area contributed by atoms with Crippen LogP contribution in [0.5, 0.6) is 0 Å². The lowest BCUT2D eigenvalue weighted by Gasteiger charge is -2.03. The average molecular weight is 303 g/mol. The lowest BCUT2D eigenvalue weighted by atomic mass is 10.2. The van der Waals surface area contributed by atoms with E-state index in [1.54, 1.807) is 0 Å². The van der Waals surface area contributed by atoms with Crippen LogP contribution in [0.25, 0.3) is 10.1 Å². The number of rotatable bonds is 3. The molecule has 0 radical (unpaired) electrons. The number of benzene rings is 1. The van der Waals surface area contributed by atoms with Gasteiger partial charge in [0.25, 0.3) is 0 Å².